The van der Waals surface area contributed by atoms with Crippen LogP contribution in [0.4, 0.5) is 0 Å². The van der Waals surface area contributed by atoms with Crippen molar-refractivity contribution in [1.82, 2.24) is 0 Å². The molecule has 3 saturated carbocycles. The standard InChI is InChI=1S/C10H14O2/c11-8-4-3-5-6-1-2-7(9(5)8)10(6)12/h5-7,9-10,12H,1-4H2/t5-,6+,7-,9-,10-/m0/s1. The highest BCUT2D eigenvalue weighted by Crippen LogP contribution is 2.57. The molecule has 3 rings (SSSR count). The van der Waals surface area contributed by atoms with Crippen LogP contribution in [0.3, 0.4) is 0 Å². The summed E-state index contributed by atoms with van der Waals surface area (Å²) in [6, 6.07) is 0. The van der Waals surface area contributed by atoms with Crippen LogP contribution in [0.25, 0.3) is 0 Å². The lowest BCUT2D eigenvalue weighted by atomic mass is 9.81. The van der Waals surface area contributed by atoms with Crippen LogP contribution < -0.4 is 0 Å². The van der Waals surface area contributed by atoms with Gasteiger partial charge in [0.2, 0.25) is 0 Å². The van der Waals surface area contributed by atoms with Crippen molar-refractivity contribution in [2.24, 2.45) is 23.7 Å². The van der Waals surface area contributed by atoms with Crippen molar-refractivity contribution in [2.75, 3.05) is 0 Å². The van der Waals surface area contributed by atoms with Gasteiger partial charge in [0, 0.05) is 12.3 Å². The molecule has 0 aromatic heterocycles. The number of carbonyl (C=O) groups is 1. The number of fused-ring (bicyclic) bond motifs is 5. The van der Waals surface area contributed by atoms with Gasteiger partial charge in [-0.05, 0) is 37.0 Å². The van der Waals surface area contributed by atoms with Crippen molar-refractivity contribution < 1.29 is 9.90 Å². The summed E-state index contributed by atoms with van der Waals surface area (Å²) in [5, 5.41) is 9.80. The average Bonchev–Trinajstić information content (AvgIpc) is 2.66. The fraction of sp³-hybridized carbons (Fsp3) is 0.900. The average molecular weight is 166 g/mol. The Morgan fingerprint density at radius 3 is 2.58 bits per heavy atom. The van der Waals surface area contributed by atoms with Crippen LogP contribution in [-0.2, 0) is 4.79 Å². The SMILES string of the molecule is O=C1CC[C@H]2[C@H]3CC[C@H]([C@H]3O)[C@@H]12. The molecule has 0 spiro atoms. The topological polar surface area (TPSA) is 37.3 Å². The van der Waals surface area contributed by atoms with Gasteiger partial charge >= 0.3 is 0 Å². The van der Waals surface area contributed by atoms with Crippen LogP contribution in [0.2, 0.25) is 0 Å². The molecule has 0 saturated heterocycles. The fourth-order valence-corrected chi connectivity index (χ4v) is 3.83. The van der Waals surface area contributed by atoms with Crippen LogP contribution in [0, 0.1) is 23.7 Å². The minimum Gasteiger partial charge on any atom is -0.393 e. The third-order valence-corrected chi connectivity index (χ3v) is 4.28. The molecule has 3 aliphatic rings. The first-order chi connectivity index (χ1) is 5.79. The molecular formula is C10H14O2. The minimum atomic E-state index is -0.135. The Hall–Kier alpha value is -0.370. The molecule has 0 aromatic carbocycles. The molecule has 1 N–H and O–H groups in total. The summed E-state index contributed by atoms with van der Waals surface area (Å²) in [5.41, 5.74) is 0. The molecule has 0 aliphatic heterocycles. The van der Waals surface area contributed by atoms with Crippen LogP contribution in [-0.4, -0.2) is 17.0 Å². The summed E-state index contributed by atoms with van der Waals surface area (Å²) in [6.45, 7) is 0. The second-order valence-corrected chi connectivity index (χ2v) is 4.59. The zero-order valence-corrected chi connectivity index (χ0v) is 7.07. The van der Waals surface area contributed by atoms with E-state index in [2.05, 4.69) is 0 Å². The lowest BCUT2D eigenvalue weighted by Gasteiger charge is -2.21. The molecule has 3 fully saturated rings. The van der Waals surface area contributed by atoms with Crippen molar-refractivity contribution in [3.63, 3.8) is 0 Å². The number of Topliss-reactive ketones (excluding diaryl/α,β-unsaturated/α-hetero) is 1. The van der Waals surface area contributed by atoms with Gasteiger partial charge in [-0.15, -0.1) is 0 Å². The van der Waals surface area contributed by atoms with Crippen molar-refractivity contribution in [2.45, 2.75) is 31.8 Å². The Bertz CT molecular complexity index is 234. The van der Waals surface area contributed by atoms with Crippen LogP contribution >= 0.6 is 0 Å². The second kappa shape index (κ2) is 2.11. The highest BCUT2D eigenvalue weighted by Gasteiger charge is 2.58. The van der Waals surface area contributed by atoms with E-state index in [1.54, 1.807) is 0 Å². The van der Waals surface area contributed by atoms with E-state index in [1.165, 1.54) is 6.42 Å². The van der Waals surface area contributed by atoms with Crippen LogP contribution in [0.1, 0.15) is 25.7 Å². The number of aliphatic hydroxyl groups excluding tert-OH is 1. The molecule has 0 radical (unpaired) electrons. The fourth-order valence-electron chi connectivity index (χ4n) is 3.83. The Morgan fingerprint density at radius 1 is 1.08 bits per heavy atom. The molecular weight excluding hydrogens is 152 g/mol. The maximum atomic E-state index is 11.5. The largest absolute Gasteiger partial charge is 0.393 e. The van der Waals surface area contributed by atoms with Gasteiger partial charge in [-0.1, -0.05) is 0 Å². The van der Waals surface area contributed by atoms with E-state index in [4.69, 9.17) is 0 Å². The molecule has 0 amide bonds. The Morgan fingerprint density at radius 2 is 1.83 bits per heavy atom. The summed E-state index contributed by atoms with van der Waals surface area (Å²) >= 11 is 0. The van der Waals surface area contributed by atoms with Gasteiger partial charge < -0.3 is 5.11 Å². The highest BCUT2D eigenvalue weighted by atomic mass is 16.3. The lowest BCUT2D eigenvalue weighted by Crippen LogP contribution is -2.22. The zero-order valence-electron chi connectivity index (χ0n) is 7.07. The van der Waals surface area contributed by atoms with Gasteiger partial charge in [-0.2, -0.15) is 0 Å². The van der Waals surface area contributed by atoms with E-state index in [1.807, 2.05) is 0 Å². The molecule has 12 heavy (non-hydrogen) atoms. The van der Waals surface area contributed by atoms with Crippen LogP contribution in [0.5, 0.6) is 0 Å². The normalized spacial score (nSPS) is 56.4. The molecule has 5 atom stereocenters. The minimum absolute atomic E-state index is 0.135. The van der Waals surface area contributed by atoms with Crippen molar-refractivity contribution in [3.05, 3.63) is 0 Å². The van der Waals surface area contributed by atoms with E-state index >= 15 is 0 Å². The molecule has 2 nitrogen and oxygen atoms in total. The van der Waals surface area contributed by atoms with Crippen molar-refractivity contribution in [1.29, 1.82) is 0 Å². The lowest BCUT2D eigenvalue weighted by molar-refractivity contribution is -0.122. The molecule has 3 aliphatic carbocycles. The van der Waals surface area contributed by atoms with E-state index < -0.39 is 0 Å². The van der Waals surface area contributed by atoms with E-state index in [9.17, 15) is 9.90 Å². The maximum Gasteiger partial charge on any atom is 0.136 e. The number of rotatable bonds is 0. The molecule has 2 heteroatoms. The van der Waals surface area contributed by atoms with Gasteiger partial charge in [0.25, 0.3) is 0 Å². The number of hydrogen-bond acceptors (Lipinski definition) is 2. The first kappa shape index (κ1) is 7.07. The Kier molecular flexibility index (Phi) is 1.24. The van der Waals surface area contributed by atoms with Gasteiger partial charge in [0.05, 0.1) is 6.10 Å². The first-order valence-electron chi connectivity index (χ1n) is 5.00. The summed E-state index contributed by atoms with van der Waals surface area (Å²) in [5.74, 6) is 2.08. The number of hydrogen-bond donors (Lipinski definition) is 1. The van der Waals surface area contributed by atoms with Crippen molar-refractivity contribution >= 4 is 5.78 Å². The first-order valence-corrected chi connectivity index (χ1v) is 5.00. The van der Waals surface area contributed by atoms with Gasteiger partial charge in [-0.3, -0.25) is 4.79 Å². The third-order valence-electron chi connectivity index (χ3n) is 4.28. The zero-order chi connectivity index (χ0) is 8.29. The Balaban J connectivity index is 1.98. The number of aliphatic hydroxyl groups is 1. The van der Waals surface area contributed by atoms with E-state index in [0.29, 0.717) is 23.5 Å². The molecule has 0 heterocycles. The summed E-state index contributed by atoms with van der Waals surface area (Å²) in [7, 11) is 0. The van der Waals surface area contributed by atoms with Crippen molar-refractivity contribution in [3.8, 4) is 0 Å². The summed E-state index contributed by atoms with van der Waals surface area (Å²) < 4.78 is 0. The van der Waals surface area contributed by atoms with E-state index in [0.717, 1.165) is 19.3 Å². The van der Waals surface area contributed by atoms with E-state index in [-0.39, 0.29) is 12.0 Å². The quantitative estimate of drug-likeness (QED) is 0.582. The summed E-state index contributed by atoms with van der Waals surface area (Å²) in [4.78, 5) is 11.5. The maximum absolute atomic E-state index is 11.5. The number of ketones is 1. The molecule has 0 aromatic rings. The second-order valence-electron chi connectivity index (χ2n) is 4.59. The van der Waals surface area contributed by atoms with Gasteiger partial charge in [-0.25, -0.2) is 0 Å². The summed E-state index contributed by atoms with van der Waals surface area (Å²) in [6.07, 6.45) is 3.97. The Labute approximate surface area is 72.0 Å². The van der Waals surface area contributed by atoms with Crippen LogP contribution in [0.15, 0.2) is 0 Å². The molecule has 0 unspecified atom stereocenters. The van der Waals surface area contributed by atoms with Gasteiger partial charge in [0.1, 0.15) is 5.78 Å². The molecule has 2 bridgehead atoms. The smallest absolute Gasteiger partial charge is 0.136 e. The monoisotopic (exact) mass is 166 g/mol. The third kappa shape index (κ3) is 0.634. The number of carbonyl (C=O) groups excluding carboxylic acids is 1. The highest BCUT2D eigenvalue weighted by molar-refractivity contribution is 5.84. The molecule has 66 valence electrons. The predicted octanol–water partition coefficient (Wildman–Crippen LogP) is 0.982. The van der Waals surface area contributed by atoms with Gasteiger partial charge in [0.15, 0.2) is 0 Å². The predicted molar refractivity (Wildman–Crippen MR) is 43.4 cm³/mol.